The van der Waals surface area contributed by atoms with Gasteiger partial charge < -0.3 is 14.6 Å². The summed E-state index contributed by atoms with van der Waals surface area (Å²) in [5.74, 6) is -3.32. The summed E-state index contributed by atoms with van der Waals surface area (Å²) in [7, 11) is 0. The van der Waals surface area contributed by atoms with Gasteiger partial charge in [-0.05, 0) is 6.92 Å². The summed E-state index contributed by atoms with van der Waals surface area (Å²) in [4.78, 5) is 31.7. The van der Waals surface area contributed by atoms with Gasteiger partial charge in [0.05, 0.1) is 6.61 Å². The number of hydrogen-bond donors (Lipinski definition) is 1. The molecule has 0 saturated carbocycles. The first kappa shape index (κ1) is 12.2. The van der Waals surface area contributed by atoms with Gasteiger partial charge in [-0.15, -0.1) is 0 Å². The van der Waals surface area contributed by atoms with Crippen LogP contribution in [0.1, 0.15) is 6.92 Å². The highest BCUT2D eigenvalue weighted by Crippen LogP contribution is 1.98. The fourth-order valence-corrected chi connectivity index (χ4v) is 0.516. The lowest BCUT2D eigenvalue weighted by Gasteiger charge is -2.03. The summed E-state index contributed by atoms with van der Waals surface area (Å²) >= 11 is 0. The highest BCUT2D eigenvalue weighted by atomic mass is 16.6. The number of esters is 2. The highest BCUT2D eigenvalue weighted by Gasteiger charge is 2.18. The van der Waals surface area contributed by atoms with Crippen LogP contribution in [0.5, 0.6) is 0 Å². The lowest BCUT2D eigenvalue weighted by atomic mass is 10.3. The highest BCUT2D eigenvalue weighted by molar-refractivity contribution is 6.13. The molecule has 0 heterocycles. The maximum atomic E-state index is 10.9. The molecular weight excluding hydrogens is 192 g/mol. The van der Waals surface area contributed by atoms with Gasteiger partial charge in [-0.2, -0.15) is 0 Å². The molecule has 78 valence electrons. The second kappa shape index (κ2) is 5.74. The van der Waals surface area contributed by atoms with Gasteiger partial charge in [0.25, 0.3) is 0 Å². The molecule has 6 heteroatoms. The molecule has 0 aliphatic carbocycles. The minimum absolute atomic E-state index is 0.101. The summed E-state index contributed by atoms with van der Waals surface area (Å²) in [6.07, 6.45) is 0. The lowest BCUT2D eigenvalue weighted by molar-refractivity contribution is -0.155. The molecular formula is C8H10O6. The molecule has 0 unspecified atom stereocenters. The molecule has 0 bridgehead atoms. The van der Waals surface area contributed by atoms with E-state index in [0.29, 0.717) is 0 Å². The van der Waals surface area contributed by atoms with Gasteiger partial charge in [-0.1, -0.05) is 6.58 Å². The van der Waals surface area contributed by atoms with Crippen molar-refractivity contribution in [2.45, 2.75) is 6.92 Å². The van der Waals surface area contributed by atoms with Crippen LogP contribution in [0, 0.1) is 0 Å². The first-order valence-corrected chi connectivity index (χ1v) is 3.74. The van der Waals surface area contributed by atoms with Crippen LogP contribution in [0.4, 0.5) is 0 Å². The summed E-state index contributed by atoms with van der Waals surface area (Å²) in [6.45, 7) is 3.97. The Morgan fingerprint density at radius 1 is 1.21 bits per heavy atom. The Bertz CT molecular complexity index is 267. The van der Waals surface area contributed by atoms with Crippen molar-refractivity contribution >= 4 is 17.9 Å². The van der Waals surface area contributed by atoms with Crippen LogP contribution in [0.25, 0.3) is 0 Å². The first-order valence-electron chi connectivity index (χ1n) is 3.74. The van der Waals surface area contributed by atoms with E-state index in [2.05, 4.69) is 16.1 Å². The second-order valence-corrected chi connectivity index (χ2v) is 2.17. The quantitative estimate of drug-likeness (QED) is 0.286. The van der Waals surface area contributed by atoms with Crippen LogP contribution in [0.3, 0.4) is 0 Å². The van der Waals surface area contributed by atoms with Gasteiger partial charge in [0.15, 0.2) is 6.61 Å². The maximum absolute atomic E-state index is 10.9. The van der Waals surface area contributed by atoms with Crippen molar-refractivity contribution in [2.75, 3.05) is 13.2 Å². The minimum Gasteiger partial charge on any atom is -0.479 e. The number of carboxylic acid groups (broad SMARTS) is 1. The molecule has 0 atom stereocenters. The standard InChI is InChI=1S/C8H10O6/c1-3-13-7(11)5(2)8(12)14-4-6(9)10/h2-4H2,1H3,(H,9,10). The van der Waals surface area contributed by atoms with E-state index >= 15 is 0 Å². The lowest BCUT2D eigenvalue weighted by Crippen LogP contribution is -2.20. The van der Waals surface area contributed by atoms with Gasteiger partial charge in [-0.3, -0.25) is 0 Å². The van der Waals surface area contributed by atoms with Crippen molar-refractivity contribution in [2.24, 2.45) is 0 Å². The first-order chi connectivity index (χ1) is 6.49. The maximum Gasteiger partial charge on any atom is 0.345 e. The molecule has 0 aromatic carbocycles. The van der Waals surface area contributed by atoms with E-state index in [1.54, 1.807) is 6.92 Å². The zero-order chi connectivity index (χ0) is 11.1. The second-order valence-electron chi connectivity index (χ2n) is 2.17. The van der Waals surface area contributed by atoms with Crippen LogP contribution in [0.2, 0.25) is 0 Å². The normalized spacial score (nSPS) is 8.93. The van der Waals surface area contributed by atoms with E-state index in [4.69, 9.17) is 5.11 Å². The average molecular weight is 202 g/mol. The molecule has 0 saturated heterocycles. The topological polar surface area (TPSA) is 89.9 Å². The Morgan fingerprint density at radius 3 is 2.14 bits per heavy atom. The Kier molecular flexibility index (Phi) is 4.98. The number of hydrogen-bond acceptors (Lipinski definition) is 5. The molecule has 0 aliphatic heterocycles. The summed E-state index contributed by atoms with van der Waals surface area (Å²) in [6, 6.07) is 0. The molecule has 0 aromatic heterocycles. The van der Waals surface area contributed by atoms with Crippen LogP contribution in [-0.4, -0.2) is 36.2 Å². The van der Waals surface area contributed by atoms with Crippen molar-refractivity contribution in [3.8, 4) is 0 Å². The SMILES string of the molecule is C=C(C(=O)OCC)C(=O)OCC(=O)O. The van der Waals surface area contributed by atoms with E-state index in [1.807, 2.05) is 0 Å². The number of rotatable bonds is 5. The molecule has 0 aliphatic rings. The number of carboxylic acids is 1. The third-order valence-corrected chi connectivity index (χ3v) is 1.09. The van der Waals surface area contributed by atoms with Crippen molar-refractivity contribution in [3.05, 3.63) is 12.2 Å². The van der Waals surface area contributed by atoms with Gasteiger partial charge in [0.2, 0.25) is 0 Å². The van der Waals surface area contributed by atoms with E-state index in [1.165, 1.54) is 0 Å². The van der Waals surface area contributed by atoms with Crippen LogP contribution in [0.15, 0.2) is 12.2 Å². The minimum atomic E-state index is -1.31. The average Bonchev–Trinajstić information content (AvgIpc) is 2.13. The molecule has 0 amide bonds. The van der Waals surface area contributed by atoms with Gasteiger partial charge in [-0.25, -0.2) is 14.4 Å². The Labute approximate surface area is 80.1 Å². The van der Waals surface area contributed by atoms with Crippen LogP contribution < -0.4 is 0 Å². The zero-order valence-corrected chi connectivity index (χ0v) is 7.61. The van der Waals surface area contributed by atoms with E-state index < -0.39 is 30.1 Å². The van der Waals surface area contributed by atoms with E-state index in [-0.39, 0.29) is 6.61 Å². The summed E-state index contributed by atoms with van der Waals surface area (Å²) < 4.78 is 8.64. The van der Waals surface area contributed by atoms with Crippen molar-refractivity contribution in [3.63, 3.8) is 0 Å². The van der Waals surface area contributed by atoms with E-state index in [9.17, 15) is 14.4 Å². The molecule has 0 spiro atoms. The molecule has 1 N–H and O–H groups in total. The fourth-order valence-electron chi connectivity index (χ4n) is 0.516. The molecule has 6 nitrogen and oxygen atoms in total. The van der Waals surface area contributed by atoms with Crippen molar-refractivity contribution < 1.29 is 29.0 Å². The number of carbonyl (C=O) groups is 3. The Morgan fingerprint density at radius 2 is 1.71 bits per heavy atom. The van der Waals surface area contributed by atoms with Crippen LogP contribution >= 0.6 is 0 Å². The number of carbonyl (C=O) groups excluding carboxylic acids is 2. The summed E-state index contributed by atoms with van der Waals surface area (Å²) in [5.41, 5.74) is -0.520. The van der Waals surface area contributed by atoms with E-state index in [0.717, 1.165) is 0 Å². The molecule has 0 radical (unpaired) electrons. The summed E-state index contributed by atoms with van der Waals surface area (Å²) in [5, 5.41) is 8.16. The largest absolute Gasteiger partial charge is 0.479 e. The molecule has 0 rings (SSSR count). The number of aliphatic carboxylic acids is 1. The predicted octanol–water partition coefficient (Wildman–Crippen LogP) is -0.267. The fraction of sp³-hybridized carbons (Fsp3) is 0.375. The Balaban J connectivity index is 4.06. The number of ether oxygens (including phenoxy) is 2. The Hall–Kier alpha value is -1.85. The monoisotopic (exact) mass is 202 g/mol. The zero-order valence-electron chi connectivity index (χ0n) is 7.61. The smallest absolute Gasteiger partial charge is 0.345 e. The molecule has 0 aromatic rings. The van der Waals surface area contributed by atoms with Gasteiger partial charge in [0, 0.05) is 0 Å². The molecule has 14 heavy (non-hydrogen) atoms. The van der Waals surface area contributed by atoms with Gasteiger partial charge >= 0.3 is 17.9 Å². The third kappa shape index (κ3) is 4.24. The predicted molar refractivity (Wildman–Crippen MR) is 44.4 cm³/mol. The third-order valence-electron chi connectivity index (χ3n) is 1.09. The van der Waals surface area contributed by atoms with Crippen LogP contribution in [-0.2, 0) is 23.9 Å². The van der Waals surface area contributed by atoms with Gasteiger partial charge in [0.1, 0.15) is 5.57 Å². The van der Waals surface area contributed by atoms with Crippen molar-refractivity contribution in [1.82, 2.24) is 0 Å². The molecule has 0 fully saturated rings. The van der Waals surface area contributed by atoms with Crippen molar-refractivity contribution in [1.29, 1.82) is 0 Å².